The number of nitrogen functional groups attached to an aromatic ring is 1. The number of anilines is 3. The molecule has 0 bridgehead atoms. The number of fused-ring (bicyclic) bond motifs is 1. The van der Waals surface area contributed by atoms with E-state index in [2.05, 4.69) is 16.0 Å². The number of hydrogen-bond donors (Lipinski definition) is 2. The van der Waals surface area contributed by atoms with Crippen LogP contribution in [0.3, 0.4) is 0 Å². The van der Waals surface area contributed by atoms with Gasteiger partial charge in [-0.1, -0.05) is 18.2 Å². The number of aryl methyl sites for hydroxylation is 1. The number of carbonyl (C=O) groups is 1. The maximum Gasteiger partial charge on any atom is 0.267 e. The predicted octanol–water partition coefficient (Wildman–Crippen LogP) is 1.85. The van der Waals surface area contributed by atoms with Gasteiger partial charge in [0.1, 0.15) is 5.69 Å². The number of rotatable bonds is 2. The van der Waals surface area contributed by atoms with Gasteiger partial charge in [0.2, 0.25) is 0 Å². The quantitative estimate of drug-likeness (QED) is 0.870. The van der Waals surface area contributed by atoms with E-state index in [-0.39, 0.29) is 5.69 Å². The zero-order valence-corrected chi connectivity index (χ0v) is 11.0. The first-order chi connectivity index (χ1) is 9.66. The van der Waals surface area contributed by atoms with Crippen LogP contribution >= 0.6 is 0 Å². The number of amides is 1. The van der Waals surface area contributed by atoms with Crippen molar-refractivity contribution in [3.63, 3.8) is 0 Å². The average Bonchev–Trinajstić information content (AvgIpc) is 2.47. The van der Waals surface area contributed by atoms with Crippen molar-refractivity contribution in [3.8, 4) is 0 Å². The molecule has 0 atom stereocenters. The number of hydrogen-bond acceptors (Lipinski definition) is 4. The van der Waals surface area contributed by atoms with E-state index < -0.39 is 5.91 Å². The molecule has 0 aliphatic carbocycles. The summed E-state index contributed by atoms with van der Waals surface area (Å²) in [4.78, 5) is 17.7. The van der Waals surface area contributed by atoms with E-state index >= 15 is 0 Å². The van der Waals surface area contributed by atoms with Gasteiger partial charge in [-0.05, 0) is 36.6 Å². The summed E-state index contributed by atoms with van der Waals surface area (Å²) in [5.41, 5.74) is 14.5. The molecule has 0 spiro atoms. The van der Waals surface area contributed by atoms with Crippen molar-refractivity contribution in [1.29, 1.82) is 0 Å². The summed E-state index contributed by atoms with van der Waals surface area (Å²) in [5, 5.41) is 0. The second-order valence-electron chi connectivity index (χ2n) is 4.86. The van der Waals surface area contributed by atoms with Gasteiger partial charge in [-0.3, -0.25) is 4.79 Å². The summed E-state index contributed by atoms with van der Waals surface area (Å²) in [5.74, 6) is 0.0602. The largest absolute Gasteiger partial charge is 0.396 e. The van der Waals surface area contributed by atoms with Gasteiger partial charge in [0.25, 0.3) is 5.91 Å². The third-order valence-corrected chi connectivity index (χ3v) is 3.52. The van der Waals surface area contributed by atoms with E-state index in [1.54, 1.807) is 12.1 Å². The summed E-state index contributed by atoms with van der Waals surface area (Å²) in [6.07, 6.45) is 2.07. The Morgan fingerprint density at radius 2 is 2.00 bits per heavy atom. The third-order valence-electron chi connectivity index (χ3n) is 3.52. The highest BCUT2D eigenvalue weighted by Crippen LogP contribution is 2.34. The lowest BCUT2D eigenvalue weighted by molar-refractivity contribution is 0.0995. The molecule has 0 saturated carbocycles. The fraction of sp³-hybridized carbons (Fsp3) is 0.200. The standard InChI is InChI=1S/C15H16N4O/c16-11-7-8-12(14(17)20)18-15(11)19-9-3-5-10-4-1-2-6-13(10)19/h1-2,4,6-8H,3,5,9,16H2,(H2,17,20). The molecule has 0 radical (unpaired) electrons. The van der Waals surface area contributed by atoms with Crippen LogP contribution in [0.15, 0.2) is 36.4 Å². The van der Waals surface area contributed by atoms with E-state index in [1.807, 2.05) is 18.2 Å². The van der Waals surface area contributed by atoms with Crippen LogP contribution in [0.2, 0.25) is 0 Å². The van der Waals surface area contributed by atoms with Gasteiger partial charge in [-0.2, -0.15) is 0 Å². The van der Waals surface area contributed by atoms with E-state index in [0.29, 0.717) is 11.5 Å². The van der Waals surface area contributed by atoms with Gasteiger partial charge in [-0.15, -0.1) is 0 Å². The molecule has 1 aliphatic heterocycles. The Labute approximate surface area is 117 Å². The number of carbonyl (C=O) groups excluding carboxylic acids is 1. The van der Waals surface area contributed by atoms with Crippen molar-refractivity contribution in [3.05, 3.63) is 47.7 Å². The van der Waals surface area contributed by atoms with Crippen LogP contribution in [0.25, 0.3) is 0 Å². The number of aromatic nitrogens is 1. The Hall–Kier alpha value is -2.56. The molecule has 1 aromatic carbocycles. The molecule has 2 heterocycles. The topological polar surface area (TPSA) is 85.2 Å². The summed E-state index contributed by atoms with van der Waals surface area (Å²) in [6, 6.07) is 11.4. The minimum absolute atomic E-state index is 0.234. The Morgan fingerprint density at radius 1 is 1.20 bits per heavy atom. The van der Waals surface area contributed by atoms with Gasteiger partial charge in [0, 0.05) is 12.2 Å². The average molecular weight is 268 g/mol. The molecule has 0 fully saturated rings. The highest BCUT2D eigenvalue weighted by atomic mass is 16.1. The number of nitrogens with zero attached hydrogens (tertiary/aromatic N) is 2. The van der Waals surface area contributed by atoms with Crippen molar-refractivity contribution < 1.29 is 4.79 Å². The van der Waals surface area contributed by atoms with E-state index in [9.17, 15) is 4.79 Å². The van der Waals surface area contributed by atoms with Crippen LogP contribution in [-0.2, 0) is 6.42 Å². The molecule has 5 heteroatoms. The fourth-order valence-electron chi connectivity index (χ4n) is 2.57. The SMILES string of the molecule is NC(=O)c1ccc(N)c(N2CCCc3ccccc32)n1. The minimum Gasteiger partial charge on any atom is -0.396 e. The fourth-order valence-corrected chi connectivity index (χ4v) is 2.57. The van der Waals surface area contributed by atoms with Crippen LogP contribution < -0.4 is 16.4 Å². The van der Waals surface area contributed by atoms with E-state index in [4.69, 9.17) is 11.5 Å². The molecular formula is C15H16N4O. The van der Waals surface area contributed by atoms with E-state index in [1.165, 1.54) is 5.56 Å². The lowest BCUT2D eigenvalue weighted by Crippen LogP contribution is -2.27. The number of primary amides is 1. The molecule has 5 nitrogen and oxygen atoms in total. The number of nitrogens with two attached hydrogens (primary N) is 2. The zero-order valence-electron chi connectivity index (χ0n) is 11.0. The Morgan fingerprint density at radius 3 is 2.80 bits per heavy atom. The normalized spacial score (nSPS) is 13.9. The molecular weight excluding hydrogens is 252 g/mol. The summed E-state index contributed by atoms with van der Waals surface area (Å²) in [6.45, 7) is 0.830. The van der Waals surface area contributed by atoms with Gasteiger partial charge in [0.15, 0.2) is 5.82 Å². The lowest BCUT2D eigenvalue weighted by Gasteiger charge is -2.31. The molecule has 1 aliphatic rings. The molecule has 0 unspecified atom stereocenters. The third kappa shape index (κ3) is 2.07. The molecule has 102 valence electrons. The first-order valence-corrected chi connectivity index (χ1v) is 6.58. The molecule has 20 heavy (non-hydrogen) atoms. The van der Waals surface area contributed by atoms with Crippen molar-refractivity contribution >= 4 is 23.1 Å². The van der Waals surface area contributed by atoms with Crippen molar-refractivity contribution in [1.82, 2.24) is 4.98 Å². The molecule has 3 rings (SSSR count). The number of para-hydroxylation sites is 1. The van der Waals surface area contributed by atoms with Crippen LogP contribution in [0.5, 0.6) is 0 Å². The predicted molar refractivity (Wildman–Crippen MR) is 78.9 cm³/mol. The Bertz CT molecular complexity index is 669. The highest BCUT2D eigenvalue weighted by molar-refractivity contribution is 5.92. The number of benzene rings is 1. The van der Waals surface area contributed by atoms with Crippen LogP contribution in [0, 0.1) is 0 Å². The molecule has 0 saturated heterocycles. The number of pyridine rings is 1. The highest BCUT2D eigenvalue weighted by Gasteiger charge is 2.21. The second kappa shape index (κ2) is 4.85. The summed E-state index contributed by atoms with van der Waals surface area (Å²) < 4.78 is 0. The van der Waals surface area contributed by atoms with Gasteiger partial charge in [-0.25, -0.2) is 4.98 Å². The summed E-state index contributed by atoms with van der Waals surface area (Å²) in [7, 11) is 0. The molecule has 1 aromatic heterocycles. The molecule has 4 N–H and O–H groups in total. The zero-order chi connectivity index (χ0) is 14.1. The lowest BCUT2D eigenvalue weighted by atomic mass is 10.0. The summed E-state index contributed by atoms with van der Waals surface area (Å²) >= 11 is 0. The monoisotopic (exact) mass is 268 g/mol. The Balaban J connectivity index is 2.10. The van der Waals surface area contributed by atoms with Gasteiger partial charge >= 0.3 is 0 Å². The van der Waals surface area contributed by atoms with E-state index in [0.717, 1.165) is 25.1 Å². The Kier molecular flexibility index (Phi) is 3.02. The van der Waals surface area contributed by atoms with Crippen LogP contribution in [0.4, 0.5) is 17.2 Å². The first-order valence-electron chi connectivity index (χ1n) is 6.58. The van der Waals surface area contributed by atoms with Crippen molar-refractivity contribution in [2.45, 2.75) is 12.8 Å². The smallest absolute Gasteiger partial charge is 0.267 e. The first kappa shape index (κ1) is 12.5. The van der Waals surface area contributed by atoms with Crippen LogP contribution in [-0.4, -0.2) is 17.4 Å². The van der Waals surface area contributed by atoms with Crippen molar-refractivity contribution in [2.24, 2.45) is 5.73 Å². The maximum atomic E-state index is 11.3. The van der Waals surface area contributed by atoms with Gasteiger partial charge in [0.05, 0.1) is 5.69 Å². The molecule has 1 amide bonds. The van der Waals surface area contributed by atoms with Crippen LogP contribution in [0.1, 0.15) is 22.5 Å². The minimum atomic E-state index is -0.545. The maximum absolute atomic E-state index is 11.3. The second-order valence-corrected chi connectivity index (χ2v) is 4.86. The molecule has 2 aromatic rings. The van der Waals surface area contributed by atoms with Gasteiger partial charge < -0.3 is 16.4 Å². The van der Waals surface area contributed by atoms with Crippen molar-refractivity contribution in [2.75, 3.05) is 17.2 Å².